The standard InChI is InChI=1S/C39H49N5O6S/c1-27(2)24-43(51(48,49)33-17-15-32(50-5)16-18-33)26-36(45)35(22-29-11-7-6-8-12-29)41-38(46)37(28(3)4)44-20-19-42(39(44)47)25-30-21-31-13-9-10-14-34(31)40-23-30/h6-18,21,23,27-28,35-37,45H,19-20,22,24-26H2,1-5H3,(H,41,46)/t35-,36+,37-/m0/s1. The molecule has 0 unspecified atom stereocenters. The van der Waals surface area contributed by atoms with Gasteiger partial charge in [-0.15, -0.1) is 0 Å². The van der Waals surface area contributed by atoms with Gasteiger partial charge in [0.25, 0.3) is 0 Å². The maximum absolute atomic E-state index is 14.2. The molecular formula is C39H49N5O6S. The van der Waals surface area contributed by atoms with Crippen molar-refractivity contribution in [3.63, 3.8) is 0 Å². The first-order valence-electron chi connectivity index (χ1n) is 17.4. The first-order valence-corrected chi connectivity index (χ1v) is 18.9. The molecule has 0 radical (unpaired) electrons. The highest BCUT2D eigenvalue weighted by molar-refractivity contribution is 7.89. The second kappa shape index (κ2) is 16.7. The molecule has 0 bridgehead atoms. The molecule has 51 heavy (non-hydrogen) atoms. The van der Waals surface area contributed by atoms with Crippen molar-refractivity contribution in [2.24, 2.45) is 11.8 Å². The molecule has 0 saturated carbocycles. The fourth-order valence-corrected chi connectivity index (χ4v) is 8.19. The van der Waals surface area contributed by atoms with Crippen molar-refractivity contribution < 1.29 is 27.9 Å². The first-order chi connectivity index (χ1) is 24.4. The number of urea groups is 1. The van der Waals surface area contributed by atoms with Crippen molar-refractivity contribution in [1.29, 1.82) is 0 Å². The van der Waals surface area contributed by atoms with Gasteiger partial charge in [0.15, 0.2) is 0 Å². The van der Waals surface area contributed by atoms with Crippen molar-refractivity contribution in [2.75, 3.05) is 33.3 Å². The van der Waals surface area contributed by atoms with Crippen LogP contribution in [-0.2, 0) is 27.8 Å². The Morgan fingerprint density at radius 1 is 0.941 bits per heavy atom. The van der Waals surface area contributed by atoms with E-state index >= 15 is 0 Å². The Bertz CT molecular complexity index is 1890. The number of ether oxygens (including phenoxy) is 1. The van der Waals surface area contributed by atoms with Gasteiger partial charge in [-0.05, 0) is 65.8 Å². The van der Waals surface area contributed by atoms with Gasteiger partial charge in [0, 0.05) is 44.3 Å². The van der Waals surface area contributed by atoms with Crippen LogP contribution in [-0.4, -0.2) is 96.0 Å². The summed E-state index contributed by atoms with van der Waals surface area (Å²) in [6.45, 7) is 8.70. The average Bonchev–Trinajstić information content (AvgIpc) is 3.46. The second-order valence-electron chi connectivity index (χ2n) is 13.9. The number of para-hydroxylation sites is 1. The molecule has 3 atom stereocenters. The molecular weight excluding hydrogens is 667 g/mol. The summed E-state index contributed by atoms with van der Waals surface area (Å²) < 4.78 is 34.2. The molecule has 0 spiro atoms. The molecule has 272 valence electrons. The Morgan fingerprint density at radius 3 is 2.29 bits per heavy atom. The number of nitrogens with zero attached hydrogens (tertiary/aromatic N) is 4. The van der Waals surface area contributed by atoms with E-state index in [1.165, 1.54) is 23.5 Å². The summed E-state index contributed by atoms with van der Waals surface area (Å²) >= 11 is 0. The maximum Gasteiger partial charge on any atom is 0.321 e. The zero-order valence-electron chi connectivity index (χ0n) is 30.0. The molecule has 2 heterocycles. The van der Waals surface area contributed by atoms with Crippen LogP contribution in [0.2, 0.25) is 0 Å². The highest BCUT2D eigenvalue weighted by atomic mass is 32.2. The van der Waals surface area contributed by atoms with Gasteiger partial charge < -0.3 is 25.0 Å². The zero-order valence-corrected chi connectivity index (χ0v) is 30.8. The fourth-order valence-electron chi connectivity index (χ4n) is 6.56. The lowest BCUT2D eigenvalue weighted by atomic mass is 9.97. The second-order valence-corrected chi connectivity index (χ2v) is 15.8. The highest BCUT2D eigenvalue weighted by Crippen LogP contribution is 2.24. The third-order valence-electron chi connectivity index (χ3n) is 9.13. The summed E-state index contributed by atoms with van der Waals surface area (Å²) in [7, 11) is -2.49. The third-order valence-corrected chi connectivity index (χ3v) is 11.0. The Kier molecular flexibility index (Phi) is 12.3. The van der Waals surface area contributed by atoms with Crippen molar-refractivity contribution in [2.45, 2.75) is 63.7 Å². The monoisotopic (exact) mass is 715 g/mol. The number of benzene rings is 3. The number of aromatic nitrogens is 1. The number of carbonyl (C=O) groups is 2. The molecule has 12 heteroatoms. The van der Waals surface area contributed by atoms with Gasteiger partial charge in [-0.25, -0.2) is 13.2 Å². The summed E-state index contributed by atoms with van der Waals surface area (Å²) in [4.78, 5) is 35.9. The molecule has 1 saturated heterocycles. The fraction of sp³-hybridized carbons (Fsp3) is 0.410. The van der Waals surface area contributed by atoms with Crippen LogP contribution in [0.4, 0.5) is 4.79 Å². The summed E-state index contributed by atoms with van der Waals surface area (Å²) in [6, 6.07) is 23.5. The summed E-state index contributed by atoms with van der Waals surface area (Å²) in [6.07, 6.45) is 0.767. The quantitative estimate of drug-likeness (QED) is 0.168. The van der Waals surface area contributed by atoms with E-state index < -0.39 is 34.1 Å². The summed E-state index contributed by atoms with van der Waals surface area (Å²) in [5.41, 5.74) is 2.64. The molecule has 0 aliphatic carbocycles. The lowest BCUT2D eigenvalue weighted by Crippen LogP contribution is -2.57. The van der Waals surface area contributed by atoms with Gasteiger partial charge in [0.05, 0.1) is 29.7 Å². The van der Waals surface area contributed by atoms with Gasteiger partial charge in [0.1, 0.15) is 11.8 Å². The van der Waals surface area contributed by atoms with Crippen LogP contribution in [0.3, 0.4) is 0 Å². The van der Waals surface area contributed by atoms with Gasteiger partial charge in [-0.2, -0.15) is 4.31 Å². The first kappa shape index (κ1) is 37.7. The van der Waals surface area contributed by atoms with E-state index in [4.69, 9.17) is 4.74 Å². The Labute approximate surface area is 301 Å². The van der Waals surface area contributed by atoms with E-state index in [-0.39, 0.29) is 42.3 Å². The third kappa shape index (κ3) is 9.24. The Morgan fingerprint density at radius 2 is 1.63 bits per heavy atom. The number of rotatable bonds is 16. The lowest BCUT2D eigenvalue weighted by molar-refractivity contribution is -0.128. The predicted octanol–water partition coefficient (Wildman–Crippen LogP) is 4.94. The van der Waals surface area contributed by atoms with Crippen molar-refractivity contribution in [1.82, 2.24) is 24.4 Å². The van der Waals surface area contributed by atoms with Gasteiger partial charge in [-0.3, -0.25) is 9.78 Å². The van der Waals surface area contributed by atoms with Gasteiger partial charge in [0.2, 0.25) is 15.9 Å². The highest BCUT2D eigenvalue weighted by Gasteiger charge is 2.40. The summed E-state index contributed by atoms with van der Waals surface area (Å²) in [5.74, 6) is -0.146. The maximum atomic E-state index is 14.2. The van der Waals surface area contributed by atoms with Crippen LogP contribution >= 0.6 is 0 Å². The molecule has 1 aromatic heterocycles. The molecule has 3 amide bonds. The molecule has 2 N–H and O–H groups in total. The van der Waals surface area contributed by atoms with Crippen LogP contribution in [0.25, 0.3) is 10.9 Å². The Hall–Kier alpha value is -4.52. The topological polar surface area (TPSA) is 132 Å². The largest absolute Gasteiger partial charge is 0.497 e. The number of aliphatic hydroxyl groups is 1. The summed E-state index contributed by atoms with van der Waals surface area (Å²) in [5, 5.41) is 15.8. The number of hydrogen-bond acceptors (Lipinski definition) is 7. The number of carbonyl (C=O) groups excluding carboxylic acids is 2. The minimum atomic E-state index is -4.00. The molecule has 4 aromatic rings. The van der Waals surface area contributed by atoms with E-state index in [0.717, 1.165) is 22.0 Å². The van der Waals surface area contributed by atoms with Crippen LogP contribution in [0.5, 0.6) is 5.75 Å². The SMILES string of the molecule is COc1ccc(S(=O)(=O)N(CC(C)C)C[C@@H](O)[C@H](Cc2ccccc2)NC(=O)[C@H](C(C)C)N2CCN(Cc3cnc4ccccc4c3)C2=O)cc1. The minimum absolute atomic E-state index is 0.0350. The van der Waals surface area contributed by atoms with E-state index in [0.29, 0.717) is 25.4 Å². The molecule has 11 nitrogen and oxygen atoms in total. The predicted molar refractivity (Wildman–Crippen MR) is 198 cm³/mol. The average molecular weight is 716 g/mol. The number of fused-ring (bicyclic) bond motifs is 1. The van der Waals surface area contributed by atoms with E-state index in [2.05, 4.69) is 10.3 Å². The molecule has 5 rings (SSSR count). The van der Waals surface area contributed by atoms with Crippen molar-refractivity contribution in [3.8, 4) is 5.75 Å². The number of nitrogens with one attached hydrogen (secondary N) is 1. The lowest BCUT2D eigenvalue weighted by Gasteiger charge is -2.34. The van der Waals surface area contributed by atoms with Crippen molar-refractivity contribution >= 4 is 32.9 Å². The number of sulfonamides is 1. The van der Waals surface area contributed by atoms with E-state index in [1.807, 2.05) is 88.4 Å². The molecule has 1 fully saturated rings. The van der Waals surface area contributed by atoms with E-state index in [1.54, 1.807) is 28.1 Å². The molecule has 1 aliphatic heterocycles. The number of amides is 3. The number of hydrogen-bond donors (Lipinski definition) is 2. The number of pyridine rings is 1. The van der Waals surface area contributed by atoms with Gasteiger partial charge in [-0.1, -0.05) is 76.2 Å². The Balaban J connectivity index is 1.35. The van der Waals surface area contributed by atoms with Crippen LogP contribution in [0.1, 0.15) is 38.8 Å². The van der Waals surface area contributed by atoms with Crippen LogP contribution in [0, 0.1) is 11.8 Å². The smallest absolute Gasteiger partial charge is 0.321 e. The molecule has 1 aliphatic rings. The van der Waals surface area contributed by atoms with Crippen molar-refractivity contribution in [3.05, 3.63) is 102 Å². The van der Waals surface area contributed by atoms with E-state index in [9.17, 15) is 23.1 Å². The van der Waals surface area contributed by atoms with Gasteiger partial charge >= 0.3 is 6.03 Å². The van der Waals surface area contributed by atoms with Crippen LogP contribution < -0.4 is 10.1 Å². The number of aliphatic hydroxyl groups excluding tert-OH is 1. The number of methoxy groups -OCH3 is 1. The minimum Gasteiger partial charge on any atom is -0.497 e. The van der Waals surface area contributed by atoms with Crippen LogP contribution in [0.15, 0.2) is 96.0 Å². The molecule has 3 aromatic carbocycles. The normalized spacial score (nSPS) is 15.5. The zero-order chi connectivity index (χ0) is 36.7.